The van der Waals surface area contributed by atoms with Crippen LogP contribution in [0.15, 0.2) is 41.3 Å². The maximum absolute atomic E-state index is 11.1. The third kappa shape index (κ3) is 6.26. The maximum atomic E-state index is 11.1. The Morgan fingerprint density at radius 1 is 1.41 bits per heavy atom. The van der Waals surface area contributed by atoms with Crippen molar-refractivity contribution in [2.45, 2.75) is 18.2 Å². The van der Waals surface area contributed by atoms with Crippen molar-refractivity contribution in [1.82, 2.24) is 9.97 Å². The molecule has 0 atom stereocenters. The quantitative estimate of drug-likeness (QED) is 0.283. The molecule has 154 valence electrons. The van der Waals surface area contributed by atoms with E-state index < -0.39 is 11.0 Å². The van der Waals surface area contributed by atoms with Crippen LogP contribution in [0.1, 0.15) is 13.3 Å². The summed E-state index contributed by atoms with van der Waals surface area (Å²) in [6.07, 6.45) is 0.607. The Morgan fingerprint density at radius 2 is 2.17 bits per heavy atom. The summed E-state index contributed by atoms with van der Waals surface area (Å²) in [4.78, 5) is 29.1. The monoisotopic (exact) mass is 438 g/mol. The summed E-state index contributed by atoms with van der Waals surface area (Å²) in [6.45, 7) is 2.15. The van der Waals surface area contributed by atoms with Gasteiger partial charge in [-0.1, -0.05) is 24.6 Å². The Bertz CT molecular complexity index is 1010. The number of fused-ring (bicyclic) bond motifs is 1. The summed E-state index contributed by atoms with van der Waals surface area (Å²) in [7, 11) is 1.32. The van der Waals surface area contributed by atoms with Crippen molar-refractivity contribution < 1.29 is 19.6 Å². The molecule has 1 aromatic heterocycles. The zero-order valence-electron chi connectivity index (χ0n) is 15.6. The second-order valence-electron chi connectivity index (χ2n) is 5.60. The fraction of sp³-hybridized carbons (Fsp3) is 0.222. The van der Waals surface area contributed by atoms with E-state index in [2.05, 4.69) is 26.9 Å². The van der Waals surface area contributed by atoms with Gasteiger partial charge in [-0.15, -0.1) is 11.8 Å². The zero-order chi connectivity index (χ0) is 21.4. The molecule has 0 spiro atoms. The highest BCUT2D eigenvalue weighted by atomic mass is 35.5. The second kappa shape index (κ2) is 10.5. The van der Waals surface area contributed by atoms with Crippen LogP contribution in [-0.4, -0.2) is 39.0 Å². The number of halogens is 1. The van der Waals surface area contributed by atoms with E-state index in [-0.39, 0.29) is 16.5 Å². The molecule has 1 heterocycles. The Hall–Kier alpha value is -2.98. The minimum Gasteiger partial charge on any atom is -0.506 e. The second-order valence-corrected chi connectivity index (χ2v) is 7.14. The fourth-order valence-electron chi connectivity index (χ4n) is 2.15. The minimum atomic E-state index is -0.651. The zero-order valence-corrected chi connectivity index (χ0v) is 17.2. The largest absolute Gasteiger partial charge is 0.506 e. The Kier molecular flexibility index (Phi) is 8.10. The number of carbonyl (C=O) groups excluding carboxylic acids is 1. The van der Waals surface area contributed by atoms with Crippen LogP contribution in [0.4, 0.5) is 16.4 Å². The number of nitro groups is 1. The Balaban J connectivity index is 0.000000234. The molecule has 0 aliphatic rings. The molecule has 0 saturated carbocycles. The van der Waals surface area contributed by atoms with Gasteiger partial charge in [0.15, 0.2) is 5.02 Å². The molecule has 0 aliphatic heterocycles. The number of imidazole rings is 1. The van der Waals surface area contributed by atoms with Gasteiger partial charge in [-0.05, 0) is 36.4 Å². The SMILES string of the molecule is CCCSc1ccc2nc(NC(=O)OC)[nH]c2c1.O=[N+]([O-])c1cccc(O)c1Cl. The van der Waals surface area contributed by atoms with Gasteiger partial charge in [0.25, 0.3) is 5.69 Å². The predicted octanol–water partition coefficient (Wildman–Crippen LogP) is 5.20. The first kappa shape index (κ1) is 22.3. The van der Waals surface area contributed by atoms with E-state index in [9.17, 15) is 14.9 Å². The van der Waals surface area contributed by atoms with Crippen LogP contribution in [0.3, 0.4) is 0 Å². The molecular weight excluding hydrogens is 420 g/mol. The van der Waals surface area contributed by atoms with E-state index >= 15 is 0 Å². The van der Waals surface area contributed by atoms with Crippen LogP contribution >= 0.6 is 23.4 Å². The summed E-state index contributed by atoms with van der Waals surface area (Å²) >= 11 is 7.20. The number of carbonyl (C=O) groups is 1. The van der Waals surface area contributed by atoms with Crippen molar-refractivity contribution in [1.29, 1.82) is 0 Å². The number of nitrogens with zero attached hydrogens (tertiary/aromatic N) is 2. The number of aromatic amines is 1. The highest BCUT2D eigenvalue weighted by molar-refractivity contribution is 7.99. The van der Waals surface area contributed by atoms with Gasteiger partial charge in [-0.2, -0.15) is 0 Å². The molecule has 9 nitrogen and oxygen atoms in total. The molecule has 0 unspecified atom stereocenters. The van der Waals surface area contributed by atoms with Crippen molar-refractivity contribution >= 4 is 52.1 Å². The van der Waals surface area contributed by atoms with Crippen LogP contribution in [0.25, 0.3) is 11.0 Å². The summed E-state index contributed by atoms with van der Waals surface area (Å²) in [6, 6.07) is 9.87. The molecule has 29 heavy (non-hydrogen) atoms. The predicted molar refractivity (Wildman–Crippen MR) is 113 cm³/mol. The number of hydrogen-bond donors (Lipinski definition) is 3. The standard InChI is InChI=1S/C12H15N3O2S.C6H4ClNO3/c1-3-6-18-8-4-5-9-10(7-8)14-11(13-9)15-12(16)17-2;7-6-4(8(10)11)2-1-3-5(6)9/h4-5,7H,3,6H2,1-2H3,(H2,13,14,15,16);1-3,9H. The first-order chi connectivity index (χ1) is 13.8. The molecule has 1 amide bonds. The Labute approximate surface area is 175 Å². The van der Waals surface area contributed by atoms with Crippen molar-refractivity contribution in [3.63, 3.8) is 0 Å². The van der Waals surface area contributed by atoms with E-state index in [1.807, 2.05) is 18.2 Å². The molecule has 0 radical (unpaired) electrons. The molecule has 0 aliphatic carbocycles. The lowest BCUT2D eigenvalue weighted by atomic mass is 10.3. The molecule has 3 rings (SSSR count). The van der Waals surface area contributed by atoms with Gasteiger partial charge in [-0.3, -0.25) is 15.4 Å². The van der Waals surface area contributed by atoms with Gasteiger partial charge in [0, 0.05) is 11.0 Å². The normalized spacial score (nSPS) is 10.2. The number of aromatic hydroxyl groups is 1. The number of thioether (sulfide) groups is 1. The summed E-state index contributed by atoms with van der Waals surface area (Å²) in [5, 5.41) is 21.4. The van der Waals surface area contributed by atoms with Crippen LogP contribution in [0, 0.1) is 10.1 Å². The number of amides is 1. The number of rotatable bonds is 5. The van der Waals surface area contributed by atoms with Gasteiger partial charge < -0.3 is 14.8 Å². The average Bonchev–Trinajstić information content (AvgIpc) is 3.10. The van der Waals surface area contributed by atoms with Crippen molar-refractivity contribution in [2.75, 3.05) is 18.2 Å². The van der Waals surface area contributed by atoms with Gasteiger partial charge in [-0.25, -0.2) is 9.78 Å². The number of H-pyrrole nitrogens is 1. The van der Waals surface area contributed by atoms with Gasteiger partial charge >= 0.3 is 6.09 Å². The molecule has 3 N–H and O–H groups in total. The Morgan fingerprint density at radius 3 is 2.79 bits per heavy atom. The topological polar surface area (TPSA) is 130 Å². The third-order valence-electron chi connectivity index (χ3n) is 3.49. The lowest BCUT2D eigenvalue weighted by Crippen LogP contribution is -2.11. The molecule has 11 heteroatoms. The van der Waals surface area contributed by atoms with E-state index in [4.69, 9.17) is 16.7 Å². The first-order valence-electron chi connectivity index (χ1n) is 8.45. The van der Waals surface area contributed by atoms with Crippen molar-refractivity contribution in [3.05, 3.63) is 51.5 Å². The number of hydrogen-bond acceptors (Lipinski definition) is 7. The smallest absolute Gasteiger partial charge is 0.413 e. The summed E-state index contributed by atoms with van der Waals surface area (Å²) in [5.41, 5.74) is 1.44. The van der Waals surface area contributed by atoms with Gasteiger partial charge in [0.05, 0.1) is 23.1 Å². The number of anilines is 1. The lowest BCUT2D eigenvalue weighted by Gasteiger charge is -1.98. The van der Waals surface area contributed by atoms with Crippen LogP contribution < -0.4 is 5.32 Å². The number of ether oxygens (including phenoxy) is 1. The summed E-state index contributed by atoms with van der Waals surface area (Å²) < 4.78 is 4.51. The van der Waals surface area contributed by atoms with E-state index in [0.29, 0.717) is 5.95 Å². The molecule has 2 aromatic carbocycles. The van der Waals surface area contributed by atoms with Gasteiger partial charge in [0.1, 0.15) is 5.75 Å². The van der Waals surface area contributed by atoms with E-state index in [1.54, 1.807) is 11.8 Å². The summed E-state index contributed by atoms with van der Waals surface area (Å²) in [5.74, 6) is 1.21. The molecule has 0 fully saturated rings. The van der Waals surface area contributed by atoms with Crippen LogP contribution in [-0.2, 0) is 4.74 Å². The number of benzene rings is 2. The lowest BCUT2D eigenvalue weighted by molar-refractivity contribution is -0.384. The van der Waals surface area contributed by atoms with Crippen molar-refractivity contribution in [3.8, 4) is 5.75 Å². The van der Waals surface area contributed by atoms with Crippen LogP contribution in [0.5, 0.6) is 5.75 Å². The number of phenolic OH excluding ortho intramolecular Hbond substituents is 1. The number of methoxy groups -OCH3 is 1. The molecule has 0 bridgehead atoms. The van der Waals surface area contributed by atoms with E-state index in [0.717, 1.165) is 23.2 Å². The fourth-order valence-corrected chi connectivity index (χ4v) is 3.15. The first-order valence-corrected chi connectivity index (χ1v) is 9.81. The number of phenols is 1. The molecule has 3 aromatic rings. The van der Waals surface area contributed by atoms with Gasteiger partial charge in [0.2, 0.25) is 5.95 Å². The maximum Gasteiger partial charge on any atom is 0.413 e. The molecular formula is C18H19ClN4O5S. The number of nitro benzene ring substituents is 1. The van der Waals surface area contributed by atoms with Crippen molar-refractivity contribution in [2.24, 2.45) is 0 Å². The van der Waals surface area contributed by atoms with Crippen LogP contribution in [0.2, 0.25) is 5.02 Å². The number of nitrogens with one attached hydrogen (secondary N) is 2. The highest BCUT2D eigenvalue weighted by Crippen LogP contribution is 2.31. The van der Waals surface area contributed by atoms with E-state index in [1.165, 1.54) is 30.2 Å². The minimum absolute atomic E-state index is 0.225. The highest BCUT2D eigenvalue weighted by Gasteiger charge is 2.14. The number of aromatic nitrogens is 2. The molecule has 0 saturated heterocycles. The third-order valence-corrected chi connectivity index (χ3v) is 5.07. The average molecular weight is 439 g/mol.